The quantitative estimate of drug-likeness (QED) is 0.851. The van der Waals surface area contributed by atoms with Gasteiger partial charge in [-0.3, -0.25) is 0 Å². The minimum Gasteiger partial charge on any atom is -0.486 e. The Bertz CT molecular complexity index is 584. The van der Waals surface area contributed by atoms with Crippen molar-refractivity contribution in [3.05, 3.63) is 29.6 Å². The molecule has 1 aromatic carbocycles. The molecule has 106 valence electrons. The molecule has 0 unspecified atom stereocenters. The summed E-state index contributed by atoms with van der Waals surface area (Å²) < 4.78 is 12.9. The number of nitrogens with one attached hydrogen (secondary N) is 1. The van der Waals surface area contributed by atoms with Gasteiger partial charge in [0.05, 0.1) is 6.54 Å². The summed E-state index contributed by atoms with van der Waals surface area (Å²) in [5.41, 5.74) is 1.18. The van der Waals surface area contributed by atoms with Gasteiger partial charge in [-0.25, -0.2) is 4.68 Å². The van der Waals surface area contributed by atoms with Gasteiger partial charge in [-0.15, -0.1) is 5.10 Å². The number of aromatic nitrogens is 4. The van der Waals surface area contributed by atoms with E-state index >= 15 is 0 Å². The van der Waals surface area contributed by atoms with Crippen molar-refractivity contribution in [3.8, 4) is 11.5 Å². The second-order valence-corrected chi connectivity index (χ2v) is 4.58. The molecule has 0 saturated carbocycles. The van der Waals surface area contributed by atoms with Crippen LogP contribution in [0.4, 0.5) is 0 Å². The first-order valence-electron chi connectivity index (χ1n) is 6.65. The van der Waals surface area contributed by atoms with Crippen LogP contribution in [0.15, 0.2) is 18.2 Å². The standard InChI is InChI=1S/C13H17N5O2/c1-14-9-13-15-16-17-18(13)5-4-10-2-3-11-12(8-10)20-7-6-19-11/h2-3,8,14H,4-7,9H2,1H3. The van der Waals surface area contributed by atoms with Gasteiger partial charge in [0, 0.05) is 6.54 Å². The molecule has 7 nitrogen and oxygen atoms in total. The highest BCUT2D eigenvalue weighted by molar-refractivity contribution is 5.43. The minimum absolute atomic E-state index is 0.607. The van der Waals surface area contributed by atoms with Crippen LogP contribution in [0.2, 0.25) is 0 Å². The number of hydrogen-bond acceptors (Lipinski definition) is 6. The highest BCUT2D eigenvalue weighted by Gasteiger charge is 2.12. The number of ether oxygens (including phenoxy) is 2. The van der Waals surface area contributed by atoms with Gasteiger partial charge >= 0.3 is 0 Å². The number of nitrogens with zero attached hydrogens (tertiary/aromatic N) is 4. The predicted octanol–water partition coefficient (Wildman–Crippen LogP) is 0.406. The molecule has 2 aromatic rings. The first-order chi connectivity index (χ1) is 9.86. The summed E-state index contributed by atoms with van der Waals surface area (Å²) in [7, 11) is 1.87. The zero-order valence-electron chi connectivity index (χ0n) is 11.4. The van der Waals surface area contributed by atoms with E-state index < -0.39 is 0 Å². The van der Waals surface area contributed by atoms with E-state index in [1.165, 1.54) is 5.56 Å². The van der Waals surface area contributed by atoms with Crippen LogP contribution in [-0.2, 0) is 19.5 Å². The summed E-state index contributed by atoms with van der Waals surface area (Å²) in [6.07, 6.45) is 0.846. The fraction of sp³-hybridized carbons (Fsp3) is 0.462. The normalized spacial score (nSPS) is 13.4. The van der Waals surface area contributed by atoms with Crippen LogP contribution in [0, 0.1) is 0 Å². The Morgan fingerprint density at radius 1 is 1.25 bits per heavy atom. The molecule has 0 spiro atoms. The molecule has 0 atom stereocenters. The molecule has 1 N–H and O–H groups in total. The zero-order valence-corrected chi connectivity index (χ0v) is 11.4. The molecule has 1 aromatic heterocycles. The van der Waals surface area contributed by atoms with Gasteiger partial charge in [-0.2, -0.15) is 0 Å². The van der Waals surface area contributed by atoms with Crippen molar-refractivity contribution in [2.75, 3.05) is 20.3 Å². The summed E-state index contributed by atoms with van der Waals surface area (Å²) in [4.78, 5) is 0. The van der Waals surface area contributed by atoms with Gasteiger partial charge in [0.2, 0.25) is 0 Å². The maximum Gasteiger partial charge on any atom is 0.165 e. The Labute approximate surface area is 116 Å². The fourth-order valence-corrected chi connectivity index (χ4v) is 2.16. The Balaban J connectivity index is 1.67. The molecular weight excluding hydrogens is 258 g/mol. The molecule has 0 fully saturated rings. The van der Waals surface area contributed by atoms with E-state index in [0.29, 0.717) is 19.8 Å². The average molecular weight is 275 g/mol. The third-order valence-electron chi connectivity index (χ3n) is 3.16. The lowest BCUT2D eigenvalue weighted by Crippen LogP contribution is -2.16. The van der Waals surface area contributed by atoms with Gasteiger partial charge in [-0.05, 0) is 41.6 Å². The van der Waals surface area contributed by atoms with E-state index in [2.05, 4.69) is 26.9 Å². The van der Waals surface area contributed by atoms with Gasteiger partial charge in [0.25, 0.3) is 0 Å². The molecule has 0 radical (unpaired) electrons. The van der Waals surface area contributed by atoms with Crippen LogP contribution in [0.25, 0.3) is 0 Å². The van der Waals surface area contributed by atoms with Gasteiger partial charge in [-0.1, -0.05) is 6.07 Å². The number of fused-ring (bicyclic) bond motifs is 1. The highest BCUT2D eigenvalue weighted by Crippen LogP contribution is 2.30. The average Bonchev–Trinajstić information content (AvgIpc) is 2.93. The van der Waals surface area contributed by atoms with E-state index in [-0.39, 0.29) is 0 Å². The van der Waals surface area contributed by atoms with Crippen molar-refractivity contribution in [1.82, 2.24) is 25.5 Å². The predicted molar refractivity (Wildman–Crippen MR) is 71.7 cm³/mol. The van der Waals surface area contributed by atoms with Crippen LogP contribution >= 0.6 is 0 Å². The first-order valence-corrected chi connectivity index (χ1v) is 6.65. The van der Waals surface area contributed by atoms with Crippen molar-refractivity contribution >= 4 is 0 Å². The van der Waals surface area contributed by atoms with Crippen molar-refractivity contribution < 1.29 is 9.47 Å². The minimum atomic E-state index is 0.607. The lowest BCUT2D eigenvalue weighted by atomic mass is 10.1. The SMILES string of the molecule is CNCc1nnnn1CCc1ccc2c(c1)OCCO2. The lowest BCUT2D eigenvalue weighted by molar-refractivity contribution is 0.171. The monoisotopic (exact) mass is 275 g/mol. The van der Waals surface area contributed by atoms with Crippen LogP contribution in [-0.4, -0.2) is 40.5 Å². The second kappa shape index (κ2) is 5.87. The first kappa shape index (κ1) is 12.9. The molecule has 1 aliphatic rings. The molecule has 20 heavy (non-hydrogen) atoms. The van der Waals surface area contributed by atoms with E-state index in [0.717, 1.165) is 30.3 Å². The largest absolute Gasteiger partial charge is 0.486 e. The summed E-state index contributed by atoms with van der Waals surface area (Å²) >= 11 is 0. The Kier molecular flexibility index (Phi) is 3.78. The fourth-order valence-electron chi connectivity index (χ4n) is 2.16. The summed E-state index contributed by atoms with van der Waals surface area (Å²) in [5.74, 6) is 2.48. The van der Waals surface area contributed by atoms with Crippen LogP contribution in [0.1, 0.15) is 11.4 Å². The van der Waals surface area contributed by atoms with E-state index in [1.807, 2.05) is 23.9 Å². The zero-order chi connectivity index (χ0) is 13.8. The summed E-state index contributed by atoms with van der Waals surface area (Å²) in [5, 5.41) is 14.7. The molecule has 0 aliphatic carbocycles. The topological polar surface area (TPSA) is 74.1 Å². The maximum absolute atomic E-state index is 5.58. The van der Waals surface area contributed by atoms with Crippen molar-refractivity contribution in [1.29, 1.82) is 0 Å². The Hall–Kier alpha value is -2.15. The van der Waals surface area contributed by atoms with Crippen LogP contribution < -0.4 is 14.8 Å². The molecule has 1 aliphatic heterocycles. The van der Waals surface area contributed by atoms with Crippen molar-refractivity contribution in [2.24, 2.45) is 0 Å². The van der Waals surface area contributed by atoms with E-state index in [4.69, 9.17) is 9.47 Å². The summed E-state index contributed by atoms with van der Waals surface area (Å²) in [6.45, 7) is 2.62. The third kappa shape index (κ3) is 2.72. The van der Waals surface area contributed by atoms with Gasteiger partial charge in [0.1, 0.15) is 13.2 Å². The third-order valence-corrected chi connectivity index (χ3v) is 3.16. The molecule has 3 rings (SSSR count). The van der Waals surface area contributed by atoms with E-state index in [1.54, 1.807) is 0 Å². The highest BCUT2D eigenvalue weighted by atomic mass is 16.6. The number of rotatable bonds is 5. The molecule has 2 heterocycles. The second-order valence-electron chi connectivity index (χ2n) is 4.58. The molecule has 0 saturated heterocycles. The van der Waals surface area contributed by atoms with Gasteiger partial charge in [0.15, 0.2) is 17.3 Å². The molecule has 0 bridgehead atoms. The maximum atomic E-state index is 5.58. The van der Waals surface area contributed by atoms with Gasteiger partial charge < -0.3 is 14.8 Å². The van der Waals surface area contributed by atoms with E-state index in [9.17, 15) is 0 Å². The number of tetrazole rings is 1. The number of aryl methyl sites for hydroxylation is 2. The lowest BCUT2D eigenvalue weighted by Gasteiger charge is -2.18. The van der Waals surface area contributed by atoms with Crippen LogP contribution in [0.5, 0.6) is 11.5 Å². The van der Waals surface area contributed by atoms with Crippen molar-refractivity contribution in [3.63, 3.8) is 0 Å². The Morgan fingerprint density at radius 3 is 2.95 bits per heavy atom. The number of hydrogen-bond donors (Lipinski definition) is 1. The van der Waals surface area contributed by atoms with Crippen LogP contribution in [0.3, 0.4) is 0 Å². The molecular formula is C13H17N5O2. The van der Waals surface area contributed by atoms with Crippen molar-refractivity contribution in [2.45, 2.75) is 19.5 Å². The summed E-state index contributed by atoms with van der Waals surface area (Å²) in [6, 6.07) is 6.03. The smallest absolute Gasteiger partial charge is 0.165 e. The number of benzene rings is 1. The molecule has 7 heteroatoms. The Morgan fingerprint density at radius 2 is 2.10 bits per heavy atom. The molecule has 0 amide bonds.